The number of likely N-dealkylation sites (tertiary alicyclic amines) is 1. The molecule has 2 heterocycles. The van der Waals surface area contributed by atoms with Crippen LogP contribution in [0.3, 0.4) is 0 Å². The number of rotatable bonds is 5. The van der Waals surface area contributed by atoms with Gasteiger partial charge >= 0.3 is 0 Å². The normalized spacial score (nSPS) is 19.8. The van der Waals surface area contributed by atoms with Gasteiger partial charge in [0, 0.05) is 49.2 Å². The summed E-state index contributed by atoms with van der Waals surface area (Å²) >= 11 is 0. The quantitative estimate of drug-likeness (QED) is 0.696. The van der Waals surface area contributed by atoms with Crippen molar-refractivity contribution in [3.63, 3.8) is 0 Å². The van der Waals surface area contributed by atoms with E-state index in [1.165, 1.54) is 28.5 Å². The van der Waals surface area contributed by atoms with Crippen molar-refractivity contribution in [1.29, 1.82) is 0 Å². The van der Waals surface area contributed by atoms with Crippen molar-refractivity contribution in [3.8, 4) is 0 Å². The fourth-order valence-corrected chi connectivity index (χ4v) is 5.38. The van der Waals surface area contributed by atoms with Crippen molar-refractivity contribution >= 4 is 16.8 Å². The van der Waals surface area contributed by atoms with E-state index >= 15 is 0 Å². The van der Waals surface area contributed by atoms with Gasteiger partial charge in [-0.15, -0.1) is 0 Å². The van der Waals surface area contributed by atoms with Crippen molar-refractivity contribution in [2.24, 2.45) is 0 Å². The van der Waals surface area contributed by atoms with Crippen LogP contribution in [0.2, 0.25) is 0 Å². The smallest absolute Gasteiger partial charge is 0.222 e. The molecule has 1 N–H and O–H groups in total. The third-order valence-electron chi connectivity index (χ3n) is 7.20. The zero-order valence-electron chi connectivity index (χ0n) is 17.8. The summed E-state index contributed by atoms with van der Waals surface area (Å²) in [6.07, 6.45) is 8.02. The van der Waals surface area contributed by atoms with Crippen LogP contribution in [0.15, 0.2) is 54.7 Å². The Bertz CT molecular complexity index is 1010. The Morgan fingerprint density at radius 2 is 1.83 bits per heavy atom. The van der Waals surface area contributed by atoms with Crippen LogP contribution in [-0.4, -0.2) is 52.9 Å². The molecule has 2 aromatic carbocycles. The average molecular weight is 402 g/mol. The number of piperidine rings is 1. The van der Waals surface area contributed by atoms with Gasteiger partial charge in [0.1, 0.15) is 0 Å². The van der Waals surface area contributed by atoms with E-state index in [-0.39, 0.29) is 5.91 Å². The highest BCUT2D eigenvalue weighted by Crippen LogP contribution is 2.28. The molecule has 2 aliphatic rings. The van der Waals surface area contributed by atoms with Gasteiger partial charge in [-0.05, 0) is 61.4 Å². The lowest BCUT2D eigenvalue weighted by molar-refractivity contribution is -0.133. The second kappa shape index (κ2) is 8.27. The number of hydrogen-bond acceptors (Lipinski definition) is 2. The number of likely N-dealkylation sites (N-methyl/N-ethyl adjacent to an activating group) is 1. The van der Waals surface area contributed by atoms with Crippen molar-refractivity contribution in [2.45, 2.75) is 50.6 Å². The molecule has 30 heavy (non-hydrogen) atoms. The molecule has 1 saturated heterocycles. The summed E-state index contributed by atoms with van der Waals surface area (Å²) in [7, 11) is 2.01. The number of aromatic amines is 1. The van der Waals surface area contributed by atoms with Crippen molar-refractivity contribution < 1.29 is 4.79 Å². The minimum atomic E-state index is 0.266. The van der Waals surface area contributed by atoms with Crippen molar-refractivity contribution in [2.75, 3.05) is 20.1 Å². The van der Waals surface area contributed by atoms with Crippen molar-refractivity contribution in [1.82, 2.24) is 14.8 Å². The molecule has 0 unspecified atom stereocenters. The lowest BCUT2D eigenvalue weighted by atomic mass is 10.0. The number of fused-ring (bicyclic) bond motifs is 2. The topological polar surface area (TPSA) is 39.3 Å². The summed E-state index contributed by atoms with van der Waals surface area (Å²) in [5, 5.41) is 1.23. The number of carbonyl (C=O) groups excluding carboxylic acids is 1. The van der Waals surface area contributed by atoms with Gasteiger partial charge in [0.05, 0.1) is 0 Å². The molecule has 1 aromatic heterocycles. The summed E-state index contributed by atoms with van der Waals surface area (Å²) in [6.45, 7) is 2.17. The van der Waals surface area contributed by atoms with Gasteiger partial charge < -0.3 is 9.88 Å². The second-order valence-electron chi connectivity index (χ2n) is 8.99. The van der Waals surface area contributed by atoms with Crippen LogP contribution in [0.1, 0.15) is 36.0 Å². The fourth-order valence-electron chi connectivity index (χ4n) is 5.38. The van der Waals surface area contributed by atoms with E-state index < -0.39 is 0 Å². The van der Waals surface area contributed by atoms with Gasteiger partial charge in [-0.2, -0.15) is 0 Å². The molecule has 3 aromatic rings. The molecule has 1 amide bonds. The predicted molar refractivity (Wildman–Crippen MR) is 122 cm³/mol. The van der Waals surface area contributed by atoms with Gasteiger partial charge in [-0.3, -0.25) is 9.69 Å². The molecule has 1 fully saturated rings. The standard InChI is InChI=1S/C26H31N3O/c1-28(26(30)13-12-21-17-27-25-11-5-4-10-24(21)25)22-9-6-14-29(18-22)23-15-19-7-2-3-8-20(19)16-23/h2-5,7-8,10-11,17,22-23,27H,6,9,12-16,18H2,1H3/t22-/m1/s1. The highest BCUT2D eigenvalue weighted by molar-refractivity contribution is 5.84. The van der Waals surface area contributed by atoms with Crippen LogP contribution in [0.5, 0.6) is 0 Å². The maximum atomic E-state index is 13.0. The van der Waals surface area contributed by atoms with E-state index in [1.54, 1.807) is 0 Å². The third kappa shape index (κ3) is 3.77. The van der Waals surface area contributed by atoms with E-state index in [0.717, 1.165) is 44.3 Å². The third-order valence-corrected chi connectivity index (χ3v) is 7.20. The largest absolute Gasteiger partial charge is 0.361 e. The first-order valence-electron chi connectivity index (χ1n) is 11.3. The van der Waals surface area contributed by atoms with Gasteiger partial charge in [0.15, 0.2) is 0 Å². The number of amides is 1. The number of carbonyl (C=O) groups is 1. The zero-order valence-corrected chi connectivity index (χ0v) is 17.8. The molecular formula is C26H31N3O. The van der Waals surface area contributed by atoms with Gasteiger partial charge in [0.2, 0.25) is 5.91 Å². The summed E-state index contributed by atoms with van der Waals surface area (Å²) in [5.74, 6) is 0.266. The summed E-state index contributed by atoms with van der Waals surface area (Å²) < 4.78 is 0. The van der Waals surface area contributed by atoms with Crippen LogP contribution in [-0.2, 0) is 24.1 Å². The SMILES string of the molecule is CN(C(=O)CCc1c[nH]c2ccccc12)[C@@H]1CCCN(C2Cc3ccccc3C2)C1. The number of benzene rings is 2. The molecule has 1 aliphatic carbocycles. The predicted octanol–water partition coefficient (Wildman–Crippen LogP) is 4.19. The van der Waals surface area contributed by atoms with Crippen LogP contribution in [0.4, 0.5) is 0 Å². The minimum absolute atomic E-state index is 0.266. The molecule has 1 atom stereocenters. The Balaban J connectivity index is 1.18. The maximum absolute atomic E-state index is 13.0. The molecule has 5 rings (SSSR count). The Kier molecular flexibility index (Phi) is 5.34. The van der Waals surface area contributed by atoms with Gasteiger partial charge in [-0.25, -0.2) is 0 Å². The summed E-state index contributed by atoms with van der Waals surface area (Å²) in [5.41, 5.74) is 5.40. The maximum Gasteiger partial charge on any atom is 0.222 e. The first kappa shape index (κ1) is 19.4. The van der Waals surface area contributed by atoms with Crippen LogP contribution < -0.4 is 0 Å². The number of para-hydroxylation sites is 1. The zero-order chi connectivity index (χ0) is 20.5. The van der Waals surface area contributed by atoms with Crippen molar-refractivity contribution in [3.05, 3.63) is 71.4 Å². The first-order chi connectivity index (χ1) is 14.7. The molecule has 1 aliphatic heterocycles. The molecule has 0 radical (unpaired) electrons. The number of aryl methyl sites for hydroxylation is 1. The molecule has 156 valence electrons. The van der Waals surface area contributed by atoms with E-state index in [4.69, 9.17) is 0 Å². The number of aromatic nitrogens is 1. The molecule has 0 bridgehead atoms. The van der Waals surface area contributed by atoms with E-state index in [1.807, 2.05) is 18.0 Å². The second-order valence-corrected chi connectivity index (χ2v) is 8.99. The Morgan fingerprint density at radius 3 is 2.63 bits per heavy atom. The van der Waals surface area contributed by atoms with Gasteiger partial charge in [-0.1, -0.05) is 42.5 Å². The molecule has 0 saturated carbocycles. The number of H-pyrrole nitrogens is 1. The lowest BCUT2D eigenvalue weighted by Gasteiger charge is -2.40. The number of nitrogens with zero attached hydrogens (tertiary/aromatic N) is 2. The summed E-state index contributed by atoms with van der Waals surface area (Å²) in [6, 6.07) is 18.1. The highest BCUT2D eigenvalue weighted by Gasteiger charge is 2.32. The average Bonchev–Trinajstić information content (AvgIpc) is 3.41. The minimum Gasteiger partial charge on any atom is -0.361 e. The van der Waals surface area contributed by atoms with E-state index in [0.29, 0.717) is 18.5 Å². The monoisotopic (exact) mass is 401 g/mol. The fraction of sp³-hybridized carbons (Fsp3) is 0.423. The van der Waals surface area contributed by atoms with Crippen LogP contribution in [0, 0.1) is 0 Å². The van der Waals surface area contributed by atoms with Crippen LogP contribution >= 0.6 is 0 Å². The molecular weight excluding hydrogens is 370 g/mol. The van der Waals surface area contributed by atoms with E-state index in [9.17, 15) is 4.79 Å². The number of hydrogen-bond donors (Lipinski definition) is 1. The first-order valence-corrected chi connectivity index (χ1v) is 11.3. The molecule has 0 spiro atoms. The Hall–Kier alpha value is -2.59. The Labute approximate surface area is 178 Å². The molecule has 4 heteroatoms. The lowest BCUT2D eigenvalue weighted by Crippen LogP contribution is -2.51. The van der Waals surface area contributed by atoms with E-state index in [2.05, 4.69) is 58.5 Å². The Morgan fingerprint density at radius 1 is 1.10 bits per heavy atom. The highest BCUT2D eigenvalue weighted by atomic mass is 16.2. The summed E-state index contributed by atoms with van der Waals surface area (Å²) in [4.78, 5) is 21.0. The van der Waals surface area contributed by atoms with Gasteiger partial charge in [0.25, 0.3) is 0 Å². The van der Waals surface area contributed by atoms with Crippen LogP contribution in [0.25, 0.3) is 10.9 Å². The number of nitrogens with one attached hydrogen (secondary N) is 1. The molecule has 4 nitrogen and oxygen atoms in total.